The van der Waals surface area contributed by atoms with Crippen molar-refractivity contribution in [1.29, 1.82) is 0 Å². The van der Waals surface area contributed by atoms with Crippen molar-refractivity contribution in [3.8, 4) is 0 Å². The van der Waals surface area contributed by atoms with Crippen LogP contribution in [0, 0.1) is 0 Å². The van der Waals surface area contributed by atoms with Crippen molar-refractivity contribution in [3.63, 3.8) is 0 Å². The third-order valence-corrected chi connectivity index (χ3v) is 0.520. The summed E-state index contributed by atoms with van der Waals surface area (Å²) >= 11 is 0. The van der Waals surface area contributed by atoms with E-state index < -0.39 is 0 Å². The van der Waals surface area contributed by atoms with Crippen molar-refractivity contribution >= 4 is 11.9 Å². The fourth-order valence-corrected chi connectivity index (χ4v) is 0.288. The fourth-order valence-electron chi connectivity index (χ4n) is 0.288. The number of aromatic amines is 1. The molecule has 1 rings (SSSR count). The van der Waals surface area contributed by atoms with Gasteiger partial charge in [0, 0.05) is 0 Å². The quantitative estimate of drug-likeness (QED) is 0.429. The van der Waals surface area contributed by atoms with Gasteiger partial charge < -0.3 is 11.5 Å². The summed E-state index contributed by atoms with van der Waals surface area (Å²) in [6.07, 6.45) is 0. The topological polar surface area (TPSA) is 93.6 Å². The van der Waals surface area contributed by atoms with Gasteiger partial charge in [-0.15, -0.1) is 5.10 Å². The Morgan fingerprint density at radius 2 is 2.00 bits per heavy atom. The second kappa shape index (κ2) is 2.15. The van der Waals surface area contributed by atoms with Gasteiger partial charge in [-0.2, -0.15) is 4.98 Å². The first-order valence-electron chi connectivity index (χ1n) is 1.72. The average Bonchev–Trinajstić information content (AvgIpc) is 1.87. The summed E-state index contributed by atoms with van der Waals surface area (Å²) in [6.45, 7) is 0. The summed E-state index contributed by atoms with van der Waals surface area (Å²) in [4.78, 5) is 3.50. The molecule has 0 bridgehead atoms. The van der Waals surface area contributed by atoms with E-state index in [-0.39, 0.29) is 19.3 Å². The van der Waals surface area contributed by atoms with E-state index >= 15 is 0 Å². The fraction of sp³-hybridized carbons (Fsp3) is 0.333. The molecule has 0 saturated carbocycles. The number of H-pyrrole nitrogens is 1. The summed E-state index contributed by atoms with van der Waals surface area (Å²) in [5, 5.41) is 5.79. The van der Waals surface area contributed by atoms with Crippen LogP contribution in [-0.2, 0) is 0 Å². The average molecular weight is 115 g/mol. The first-order chi connectivity index (χ1) is 3.29. The summed E-state index contributed by atoms with van der Waals surface area (Å²) in [6, 6.07) is 0. The number of nitrogens with two attached hydrogens (primary N) is 2. The molecule has 5 nitrogen and oxygen atoms in total. The van der Waals surface area contributed by atoms with Crippen molar-refractivity contribution in [2.45, 2.75) is 7.43 Å². The molecule has 0 aliphatic rings. The van der Waals surface area contributed by atoms with Gasteiger partial charge in [0.15, 0.2) is 0 Å². The van der Waals surface area contributed by atoms with Crippen molar-refractivity contribution in [1.82, 2.24) is 15.2 Å². The van der Waals surface area contributed by atoms with Gasteiger partial charge >= 0.3 is 0 Å². The van der Waals surface area contributed by atoms with Crippen LogP contribution >= 0.6 is 0 Å². The smallest absolute Gasteiger partial charge is 0.241 e. The Morgan fingerprint density at radius 3 is 2.12 bits per heavy atom. The van der Waals surface area contributed by atoms with E-state index in [0.717, 1.165) is 0 Å². The third kappa shape index (κ3) is 1.11. The lowest BCUT2D eigenvalue weighted by atomic mass is 11.0. The molecule has 5 heteroatoms. The molecule has 0 aromatic carbocycles. The number of aromatic nitrogens is 3. The molecule has 0 aliphatic heterocycles. The highest BCUT2D eigenvalue weighted by molar-refractivity contribution is 5.23. The van der Waals surface area contributed by atoms with Gasteiger partial charge in [0.25, 0.3) is 0 Å². The number of anilines is 2. The van der Waals surface area contributed by atoms with E-state index in [1.165, 1.54) is 0 Å². The zero-order valence-electron chi connectivity index (χ0n) is 3.55. The summed E-state index contributed by atoms with van der Waals surface area (Å²) in [5.74, 6) is 0.426. The number of hydrogen-bond donors (Lipinski definition) is 3. The molecule has 0 aliphatic carbocycles. The molecular weight excluding hydrogens is 106 g/mol. The van der Waals surface area contributed by atoms with Gasteiger partial charge in [0.1, 0.15) is 0 Å². The Balaban J connectivity index is 0.000000490. The van der Waals surface area contributed by atoms with Crippen LogP contribution in [0.1, 0.15) is 7.43 Å². The van der Waals surface area contributed by atoms with Gasteiger partial charge in [-0.25, -0.2) is 5.10 Å². The van der Waals surface area contributed by atoms with Gasteiger partial charge in [-0.1, -0.05) is 7.43 Å². The lowest BCUT2D eigenvalue weighted by Gasteiger charge is -1.69. The molecule has 0 spiro atoms. The molecule has 0 saturated heterocycles. The van der Waals surface area contributed by atoms with Gasteiger partial charge in [-0.3, -0.25) is 0 Å². The first-order valence-corrected chi connectivity index (χ1v) is 1.72. The maximum atomic E-state index is 5.07. The van der Waals surface area contributed by atoms with Crippen LogP contribution in [0.2, 0.25) is 0 Å². The molecule has 1 aromatic rings. The van der Waals surface area contributed by atoms with Crippen molar-refractivity contribution in [2.75, 3.05) is 11.5 Å². The van der Waals surface area contributed by atoms with E-state index in [2.05, 4.69) is 15.2 Å². The predicted molar refractivity (Wildman–Crippen MR) is 31.9 cm³/mol. The lowest BCUT2D eigenvalue weighted by Crippen LogP contribution is -1.87. The minimum atomic E-state index is 0. The van der Waals surface area contributed by atoms with E-state index in [9.17, 15) is 0 Å². The highest BCUT2D eigenvalue weighted by Gasteiger charge is 1.87. The Kier molecular flexibility index (Phi) is 1.81. The van der Waals surface area contributed by atoms with Gasteiger partial charge in [0.05, 0.1) is 0 Å². The monoisotopic (exact) mass is 115 g/mol. The molecule has 46 valence electrons. The normalized spacial score (nSPS) is 8.00. The largest absolute Gasteiger partial charge is 0.368 e. The van der Waals surface area contributed by atoms with Crippen molar-refractivity contribution in [2.24, 2.45) is 0 Å². The maximum absolute atomic E-state index is 5.07. The van der Waals surface area contributed by atoms with E-state index in [0.29, 0.717) is 0 Å². The molecule has 5 N–H and O–H groups in total. The minimum absolute atomic E-state index is 0. The Labute approximate surface area is 47.1 Å². The number of nitrogens with one attached hydrogen (secondary N) is 1. The minimum Gasteiger partial charge on any atom is -0.368 e. The molecule has 0 amide bonds. The SMILES string of the molecule is C.Nc1n[nH]c(N)n1. The molecule has 0 atom stereocenters. The maximum Gasteiger partial charge on any atom is 0.241 e. The molecule has 1 heterocycles. The number of rotatable bonds is 0. The second-order valence-corrected chi connectivity index (χ2v) is 1.08. The van der Waals surface area contributed by atoms with Crippen molar-refractivity contribution < 1.29 is 0 Å². The Bertz CT molecular complexity index is 140. The van der Waals surface area contributed by atoms with Crippen LogP contribution in [0.25, 0.3) is 0 Å². The standard InChI is InChI=1S/C2H5N5.CH4/c3-1-5-2(4)7-6-1;/h(H5,3,4,5,6,7);1H4. The summed E-state index contributed by atoms with van der Waals surface area (Å²) in [7, 11) is 0. The van der Waals surface area contributed by atoms with Crippen molar-refractivity contribution in [3.05, 3.63) is 0 Å². The van der Waals surface area contributed by atoms with Crippen LogP contribution in [0.3, 0.4) is 0 Å². The van der Waals surface area contributed by atoms with E-state index in [1.54, 1.807) is 0 Å². The molecule has 0 fully saturated rings. The molecule has 0 unspecified atom stereocenters. The van der Waals surface area contributed by atoms with Crippen LogP contribution in [0.15, 0.2) is 0 Å². The van der Waals surface area contributed by atoms with E-state index in [1.807, 2.05) is 0 Å². The van der Waals surface area contributed by atoms with Crippen LogP contribution < -0.4 is 11.5 Å². The summed E-state index contributed by atoms with van der Waals surface area (Å²) < 4.78 is 0. The van der Waals surface area contributed by atoms with Gasteiger partial charge in [-0.05, 0) is 0 Å². The van der Waals surface area contributed by atoms with Crippen LogP contribution in [0.5, 0.6) is 0 Å². The molecule has 8 heavy (non-hydrogen) atoms. The highest BCUT2D eigenvalue weighted by Crippen LogP contribution is 1.89. The second-order valence-electron chi connectivity index (χ2n) is 1.08. The van der Waals surface area contributed by atoms with Gasteiger partial charge in [0.2, 0.25) is 11.9 Å². The summed E-state index contributed by atoms with van der Waals surface area (Å²) in [5.41, 5.74) is 10.1. The number of hydrogen-bond acceptors (Lipinski definition) is 4. The Morgan fingerprint density at radius 1 is 1.38 bits per heavy atom. The molecular formula is C3H9N5. The van der Waals surface area contributed by atoms with Crippen LogP contribution in [-0.4, -0.2) is 15.2 Å². The number of nitrogen functional groups attached to an aromatic ring is 2. The molecule has 0 radical (unpaired) electrons. The third-order valence-electron chi connectivity index (χ3n) is 0.520. The first kappa shape index (κ1) is 6.74. The zero-order chi connectivity index (χ0) is 5.28. The zero-order valence-corrected chi connectivity index (χ0v) is 3.55. The highest BCUT2D eigenvalue weighted by atomic mass is 15.3. The van der Waals surface area contributed by atoms with Crippen LogP contribution in [0.4, 0.5) is 11.9 Å². The van der Waals surface area contributed by atoms with E-state index in [4.69, 9.17) is 11.5 Å². The lowest BCUT2D eigenvalue weighted by molar-refractivity contribution is 1.11. The molecule has 1 aromatic heterocycles. The predicted octanol–water partition coefficient (Wildman–Crippen LogP) is -0.395. The number of nitrogens with zero attached hydrogens (tertiary/aromatic N) is 2. The Hall–Kier alpha value is -1.26.